The molecule has 1 aromatic carbocycles. The van der Waals surface area contributed by atoms with E-state index in [4.69, 9.17) is 0 Å². The number of hydrogen-bond donors (Lipinski definition) is 0. The van der Waals surface area contributed by atoms with E-state index in [-0.39, 0.29) is 5.41 Å². The number of benzene rings is 1. The lowest BCUT2D eigenvalue weighted by Gasteiger charge is -2.26. The molecule has 2 aliphatic carbocycles. The highest BCUT2D eigenvalue weighted by Gasteiger charge is 2.43. The van der Waals surface area contributed by atoms with Gasteiger partial charge >= 0.3 is 0 Å². The zero-order chi connectivity index (χ0) is 10.3. The number of fused-ring (bicyclic) bond motifs is 1. The Morgan fingerprint density at radius 1 is 1.20 bits per heavy atom. The summed E-state index contributed by atoms with van der Waals surface area (Å²) in [4.78, 5) is 12.3. The van der Waals surface area contributed by atoms with Crippen LogP contribution < -0.4 is 0 Å². The SMILES string of the molecule is O=C1c2ccccc2CC12C=CCCC2. The molecule has 0 heterocycles. The Kier molecular flexibility index (Phi) is 1.82. The van der Waals surface area contributed by atoms with Crippen molar-refractivity contribution < 1.29 is 4.79 Å². The van der Waals surface area contributed by atoms with Crippen LogP contribution in [0.15, 0.2) is 36.4 Å². The van der Waals surface area contributed by atoms with Crippen LogP contribution >= 0.6 is 0 Å². The maximum absolute atomic E-state index is 12.3. The van der Waals surface area contributed by atoms with Gasteiger partial charge in [-0.25, -0.2) is 0 Å². The number of rotatable bonds is 0. The van der Waals surface area contributed by atoms with Crippen LogP contribution in [-0.4, -0.2) is 5.78 Å². The number of allylic oxidation sites excluding steroid dienone is 2. The molecule has 0 aromatic heterocycles. The molecule has 0 fully saturated rings. The summed E-state index contributed by atoms with van der Waals surface area (Å²) in [5.74, 6) is 0.342. The quantitative estimate of drug-likeness (QED) is 0.585. The van der Waals surface area contributed by atoms with Crippen LogP contribution in [0, 0.1) is 5.41 Å². The lowest BCUT2D eigenvalue weighted by Crippen LogP contribution is -2.27. The third kappa shape index (κ3) is 1.19. The van der Waals surface area contributed by atoms with Crippen molar-refractivity contribution in [1.29, 1.82) is 0 Å². The van der Waals surface area contributed by atoms with Gasteiger partial charge in [-0.05, 0) is 31.2 Å². The minimum Gasteiger partial charge on any atom is -0.293 e. The molecule has 1 unspecified atom stereocenters. The van der Waals surface area contributed by atoms with Crippen molar-refractivity contribution in [2.24, 2.45) is 5.41 Å². The van der Waals surface area contributed by atoms with Gasteiger partial charge in [0.1, 0.15) is 0 Å². The predicted octanol–water partition coefficient (Wildman–Crippen LogP) is 3.15. The zero-order valence-corrected chi connectivity index (χ0v) is 8.70. The average molecular weight is 198 g/mol. The molecule has 0 saturated heterocycles. The molecule has 3 rings (SSSR count). The second-order valence-electron chi connectivity index (χ2n) is 4.61. The van der Waals surface area contributed by atoms with Crippen molar-refractivity contribution in [3.05, 3.63) is 47.5 Å². The van der Waals surface area contributed by atoms with Gasteiger partial charge in [0, 0.05) is 5.56 Å². The summed E-state index contributed by atoms with van der Waals surface area (Å²) >= 11 is 0. The summed E-state index contributed by atoms with van der Waals surface area (Å²) in [6, 6.07) is 8.04. The van der Waals surface area contributed by atoms with Crippen LogP contribution in [0.1, 0.15) is 35.2 Å². The van der Waals surface area contributed by atoms with Gasteiger partial charge in [0.05, 0.1) is 5.41 Å². The van der Waals surface area contributed by atoms with Crippen molar-refractivity contribution in [3.8, 4) is 0 Å². The third-order valence-corrected chi connectivity index (χ3v) is 3.65. The average Bonchev–Trinajstić information content (AvgIpc) is 2.54. The summed E-state index contributed by atoms with van der Waals surface area (Å²) in [5, 5.41) is 0. The molecule has 0 bridgehead atoms. The monoisotopic (exact) mass is 198 g/mol. The molecular weight excluding hydrogens is 184 g/mol. The van der Waals surface area contributed by atoms with E-state index in [0.717, 1.165) is 31.2 Å². The maximum Gasteiger partial charge on any atom is 0.173 e. The van der Waals surface area contributed by atoms with Gasteiger partial charge in [0.2, 0.25) is 0 Å². The Morgan fingerprint density at radius 2 is 2.07 bits per heavy atom. The van der Waals surface area contributed by atoms with Gasteiger partial charge in [-0.1, -0.05) is 36.4 Å². The number of hydrogen-bond acceptors (Lipinski definition) is 1. The molecule has 15 heavy (non-hydrogen) atoms. The van der Waals surface area contributed by atoms with E-state index in [1.165, 1.54) is 5.56 Å². The molecule has 0 aliphatic heterocycles. The van der Waals surface area contributed by atoms with E-state index in [1.54, 1.807) is 0 Å². The second kappa shape index (κ2) is 3.06. The van der Waals surface area contributed by atoms with Gasteiger partial charge in [0.25, 0.3) is 0 Å². The minimum absolute atomic E-state index is 0.179. The Labute approximate surface area is 89.8 Å². The fourth-order valence-corrected chi connectivity index (χ4v) is 2.85. The van der Waals surface area contributed by atoms with Gasteiger partial charge < -0.3 is 0 Å². The summed E-state index contributed by atoms with van der Waals surface area (Å²) < 4.78 is 0. The van der Waals surface area contributed by atoms with E-state index < -0.39 is 0 Å². The predicted molar refractivity (Wildman–Crippen MR) is 59.9 cm³/mol. The Bertz CT molecular complexity index is 444. The topological polar surface area (TPSA) is 17.1 Å². The number of carbonyl (C=O) groups is 1. The van der Waals surface area contributed by atoms with E-state index in [9.17, 15) is 4.79 Å². The van der Waals surface area contributed by atoms with Gasteiger partial charge in [-0.3, -0.25) is 4.79 Å². The van der Waals surface area contributed by atoms with Crippen molar-refractivity contribution in [2.45, 2.75) is 25.7 Å². The Hall–Kier alpha value is -1.37. The maximum atomic E-state index is 12.3. The van der Waals surface area contributed by atoms with Crippen LogP contribution in [0.2, 0.25) is 0 Å². The Morgan fingerprint density at radius 3 is 2.80 bits per heavy atom. The first kappa shape index (κ1) is 8.90. The normalized spacial score (nSPS) is 28.4. The van der Waals surface area contributed by atoms with E-state index in [0.29, 0.717) is 5.78 Å². The molecule has 0 N–H and O–H groups in total. The van der Waals surface area contributed by atoms with Crippen LogP contribution in [-0.2, 0) is 6.42 Å². The molecule has 0 amide bonds. The lowest BCUT2D eigenvalue weighted by atomic mass is 9.76. The van der Waals surface area contributed by atoms with Gasteiger partial charge in [-0.15, -0.1) is 0 Å². The van der Waals surface area contributed by atoms with E-state index in [1.807, 2.05) is 18.2 Å². The first-order valence-electron chi connectivity index (χ1n) is 5.62. The van der Waals surface area contributed by atoms with Gasteiger partial charge in [0.15, 0.2) is 5.78 Å². The molecule has 76 valence electrons. The van der Waals surface area contributed by atoms with Crippen molar-refractivity contribution in [3.63, 3.8) is 0 Å². The Balaban J connectivity index is 2.09. The summed E-state index contributed by atoms with van der Waals surface area (Å²) in [6.07, 6.45) is 8.54. The largest absolute Gasteiger partial charge is 0.293 e. The molecule has 1 spiro atoms. The summed E-state index contributed by atoms with van der Waals surface area (Å²) in [5.41, 5.74) is 2.00. The molecule has 0 saturated carbocycles. The summed E-state index contributed by atoms with van der Waals surface area (Å²) in [6.45, 7) is 0. The standard InChI is InChI=1S/C14H14O/c15-13-12-7-3-2-6-11(12)10-14(13)8-4-1-5-9-14/h2-4,6-8H,1,5,9-10H2. The number of ketones is 1. The fourth-order valence-electron chi connectivity index (χ4n) is 2.85. The molecule has 1 heteroatoms. The van der Waals surface area contributed by atoms with E-state index >= 15 is 0 Å². The van der Waals surface area contributed by atoms with Crippen LogP contribution in [0.5, 0.6) is 0 Å². The zero-order valence-electron chi connectivity index (χ0n) is 8.70. The highest BCUT2D eigenvalue weighted by atomic mass is 16.1. The van der Waals surface area contributed by atoms with Gasteiger partial charge in [-0.2, -0.15) is 0 Å². The molecular formula is C14H14O. The van der Waals surface area contributed by atoms with Crippen LogP contribution in [0.4, 0.5) is 0 Å². The fraction of sp³-hybridized carbons (Fsp3) is 0.357. The van der Waals surface area contributed by atoms with Crippen molar-refractivity contribution in [2.75, 3.05) is 0 Å². The number of carbonyl (C=O) groups excluding carboxylic acids is 1. The smallest absolute Gasteiger partial charge is 0.173 e. The first-order chi connectivity index (χ1) is 7.32. The van der Waals surface area contributed by atoms with Crippen molar-refractivity contribution in [1.82, 2.24) is 0 Å². The third-order valence-electron chi connectivity index (χ3n) is 3.65. The highest BCUT2D eigenvalue weighted by Crippen LogP contribution is 2.43. The van der Waals surface area contributed by atoms with Crippen LogP contribution in [0.3, 0.4) is 0 Å². The second-order valence-corrected chi connectivity index (χ2v) is 4.61. The number of Topliss-reactive ketones (excluding diaryl/α,β-unsaturated/α-hetero) is 1. The van der Waals surface area contributed by atoms with E-state index in [2.05, 4.69) is 18.2 Å². The molecule has 1 atom stereocenters. The molecule has 1 aromatic rings. The lowest BCUT2D eigenvalue weighted by molar-refractivity contribution is 0.0858. The highest BCUT2D eigenvalue weighted by molar-refractivity contribution is 6.06. The molecule has 0 radical (unpaired) electrons. The minimum atomic E-state index is -0.179. The molecule has 1 nitrogen and oxygen atoms in total. The molecule has 2 aliphatic rings. The first-order valence-corrected chi connectivity index (χ1v) is 5.62. The van der Waals surface area contributed by atoms with Crippen molar-refractivity contribution >= 4 is 5.78 Å². The van der Waals surface area contributed by atoms with Crippen LogP contribution in [0.25, 0.3) is 0 Å². The summed E-state index contributed by atoms with van der Waals surface area (Å²) in [7, 11) is 0.